The molecule has 53 heavy (non-hydrogen) atoms. The molecule has 2 N–H and O–H groups in total. The Kier molecular flexibility index (Phi) is 11.6. The Morgan fingerprint density at radius 1 is 0.811 bits per heavy atom. The normalized spacial score (nSPS) is 13.5. The zero-order valence-corrected chi connectivity index (χ0v) is 31.9. The van der Waals surface area contributed by atoms with Gasteiger partial charge in [-0.05, 0) is 71.6 Å². The molecule has 11 heteroatoms. The number of thiazole rings is 1. The first-order valence-electron chi connectivity index (χ1n) is 17.6. The Balaban J connectivity index is 0.880. The van der Waals surface area contributed by atoms with Gasteiger partial charge in [0.25, 0.3) is 15.9 Å². The molecule has 1 aliphatic heterocycles. The van der Waals surface area contributed by atoms with Gasteiger partial charge in [-0.3, -0.25) is 9.69 Å². The van der Waals surface area contributed by atoms with Crippen LogP contribution in [-0.2, 0) is 16.6 Å². The second-order valence-electron chi connectivity index (χ2n) is 12.9. The Hall–Kier alpha value is -4.94. The maximum atomic E-state index is 13.2. The van der Waals surface area contributed by atoms with Crippen LogP contribution in [0.15, 0.2) is 142 Å². The number of sulfonamides is 1. The van der Waals surface area contributed by atoms with Gasteiger partial charge in [0.15, 0.2) is 4.34 Å². The Labute approximate surface area is 320 Å². The summed E-state index contributed by atoms with van der Waals surface area (Å²) in [6.45, 7) is 6.97. The highest BCUT2D eigenvalue weighted by molar-refractivity contribution is 8.01. The molecule has 0 spiro atoms. The summed E-state index contributed by atoms with van der Waals surface area (Å²) in [5.74, 6) is 0.143. The molecule has 0 aliphatic carbocycles. The second-order valence-corrected chi connectivity index (χ2v) is 16.8. The number of nitrogens with one attached hydrogen (secondary N) is 2. The summed E-state index contributed by atoms with van der Waals surface area (Å²) in [7, 11) is -4.07. The fourth-order valence-electron chi connectivity index (χ4n) is 6.42. The van der Waals surface area contributed by atoms with E-state index in [0.717, 1.165) is 71.0 Å². The van der Waals surface area contributed by atoms with E-state index in [2.05, 4.69) is 85.9 Å². The standard InChI is InChI=1S/C42H41N5O3S3/c1-31-28-37(20-21-39(31)43-22-27-51-42-44-40(30-52-42)33-12-6-3-7-13-33)53(49,50)45-41(48)34-16-18-36(19-17-34)47-25-23-46(24-26-47)29-35-14-8-9-15-38(35)32-10-4-2-5-11-32/h2-21,28,30,43H,22-27,29H2,1H3,(H,45,48). The van der Waals surface area contributed by atoms with Crippen molar-refractivity contribution in [1.29, 1.82) is 0 Å². The molecular weight excluding hydrogens is 719 g/mol. The van der Waals surface area contributed by atoms with E-state index in [-0.39, 0.29) is 10.5 Å². The Morgan fingerprint density at radius 2 is 1.49 bits per heavy atom. The molecule has 0 saturated carbocycles. The van der Waals surface area contributed by atoms with E-state index in [4.69, 9.17) is 4.98 Å². The third kappa shape index (κ3) is 9.17. The van der Waals surface area contributed by atoms with E-state index in [1.165, 1.54) is 22.8 Å². The number of aryl methyl sites for hydroxylation is 1. The Bertz CT molecular complexity index is 2260. The van der Waals surface area contributed by atoms with Gasteiger partial charge in [-0.15, -0.1) is 11.3 Å². The van der Waals surface area contributed by atoms with Crippen LogP contribution in [0.5, 0.6) is 0 Å². The highest BCUT2D eigenvalue weighted by Crippen LogP contribution is 2.29. The van der Waals surface area contributed by atoms with Crippen molar-refractivity contribution in [3.8, 4) is 22.4 Å². The zero-order chi connectivity index (χ0) is 36.6. The summed E-state index contributed by atoms with van der Waals surface area (Å²) >= 11 is 3.31. The number of nitrogens with zero attached hydrogens (tertiary/aromatic N) is 3. The molecule has 8 nitrogen and oxygen atoms in total. The van der Waals surface area contributed by atoms with Crippen LogP contribution in [0.25, 0.3) is 22.4 Å². The van der Waals surface area contributed by atoms with Crippen molar-refractivity contribution in [2.75, 3.05) is 48.7 Å². The van der Waals surface area contributed by atoms with E-state index < -0.39 is 15.9 Å². The van der Waals surface area contributed by atoms with Gasteiger partial charge in [-0.1, -0.05) is 96.7 Å². The number of anilines is 2. The maximum absolute atomic E-state index is 13.2. The van der Waals surface area contributed by atoms with Crippen LogP contribution in [-0.4, -0.2) is 62.7 Å². The van der Waals surface area contributed by atoms with Crippen molar-refractivity contribution >= 4 is 50.4 Å². The van der Waals surface area contributed by atoms with Crippen molar-refractivity contribution < 1.29 is 13.2 Å². The van der Waals surface area contributed by atoms with Crippen molar-refractivity contribution in [2.45, 2.75) is 22.7 Å². The molecule has 270 valence electrons. The predicted molar refractivity (Wildman–Crippen MR) is 218 cm³/mol. The van der Waals surface area contributed by atoms with Crippen molar-refractivity contribution in [3.05, 3.63) is 149 Å². The zero-order valence-electron chi connectivity index (χ0n) is 29.4. The molecule has 1 saturated heterocycles. The van der Waals surface area contributed by atoms with Gasteiger partial charge in [0.1, 0.15) is 0 Å². The number of amides is 1. The molecule has 1 fully saturated rings. The van der Waals surface area contributed by atoms with E-state index in [0.29, 0.717) is 6.54 Å². The topological polar surface area (TPSA) is 94.6 Å². The first-order chi connectivity index (χ1) is 25.8. The molecule has 7 rings (SSSR count). The number of hydrogen-bond donors (Lipinski definition) is 2. The number of piperazine rings is 1. The molecule has 5 aromatic carbocycles. The van der Waals surface area contributed by atoms with Crippen LogP contribution in [0.4, 0.5) is 11.4 Å². The third-order valence-corrected chi connectivity index (χ3v) is 12.6. The maximum Gasteiger partial charge on any atom is 0.264 e. The molecular formula is C42H41N5O3S3. The summed E-state index contributed by atoms with van der Waals surface area (Å²) in [6, 6.07) is 41.2. The predicted octanol–water partition coefficient (Wildman–Crippen LogP) is 8.43. The first kappa shape index (κ1) is 36.4. The summed E-state index contributed by atoms with van der Waals surface area (Å²) < 4.78 is 29.7. The molecule has 1 aliphatic rings. The van der Waals surface area contributed by atoms with Crippen LogP contribution in [0.1, 0.15) is 21.5 Å². The minimum Gasteiger partial charge on any atom is -0.384 e. The fraction of sp³-hybridized carbons (Fsp3) is 0.190. The lowest BCUT2D eigenvalue weighted by Crippen LogP contribution is -2.46. The van der Waals surface area contributed by atoms with Gasteiger partial charge in [0.2, 0.25) is 0 Å². The van der Waals surface area contributed by atoms with Crippen LogP contribution in [0.2, 0.25) is 0 Å². The lowest BCUT2D eigenvalue weighted by Gasteiger charge is -2.36. The van der Waals surface area contributed by atoms with Crippen molar-refractivity contribution in [3.63, 3.8) is 0 Å². The van der Waals surface area contributed by atoms with Crippen LogP contribution >= 0.6 is 23.1 Å². The minimum atomic E-state index is -4.07. The smallest absolute Gasteiger partial charge is 0.264 e. The molecule has 0 atom stereocenters. The molecule has 1 amide bonds. The largest absolute Gasteiger partial charge is 0.384 e. The molecule has 0 radical (unpaired) electrons. The quantitative estimate of drug-likeness (QED) is 0.0896. The van der Waals surface area contributed by atoms with Gasteiger partial charge >= 0.3 is 0 Å². The monoisotopic (exact) mass is 759 g/mol. The number of rotatable bonds is 13. The average molecular weight is 760 g/mol. The summed E-state index contributed by atoms with van der Waals surface area (Å²) in [4.78, 5) is 22.6. The molecule has 6 aromatic rings. The number of hydrogen-bond acceptors (Lipinski definition) is 9. The summed E-state index contributed by atoms with van der Waals surface area (Å²) in [5, 5.41) is 5.46. The molecule has 0 bridgehead atoms. The molecule has 2 heterocycles. The van der Waals surface area contributed by atoms with Crippen LogP contribution in [0, 0.1) is 6.92 Å². The van der Waals surface area contributed by atoms with Crippen LogP contribution < -0.4 is 14.9 Å². The third-order valence-electron chi connectivity index (χ3n) is 9.29. The van der Waals surface area contributed by atoms with Crippen molar-refractivity contribution in [1.82, 2.24) is 14.6 Å². The van der Waals surface area contributed by atoms with E-state index in [1.54, 1.807) is 47.4 Å². The van der Waals surface area contributed by atoms with Crippen molar-refractivity contribution in [2.24, 2.45) is 0 Å². The molecule has 1 aromatic heterocycles. The minimum absolute atomic E-state index is 0.0420. The summed E-state index contributed by atoms with van der Waals surface area (Å²) in [6.07, 6.45) is 0. The number of carbonyl (C=O) groups is 1. The average Bonchev–Trinajstić information content (AvgIpc) is 3.67. The van der Waals surface area contributed by atoms with Gasteiger partial charge in [0, 0.05) is 72.9 Å². The summed E-state index contributed by atoms with van der Waals surface area (Å²) in [5.41, 5.74) is 8.80. The lowest BCUT2D eigenvalue weighted by atomic mass is 9.99. The van der Waals surface area contributed by atoms with Gasteiger partial charge in [0.05, 0.1) is 10.6 Å². The van der Waals surface area contributed by atoms with E-state index in [9.17, 15) is 13.2 Å². The number of aromatic nitrogens is 1. The van der Waals surface area contributed by atoms with Gasteiger partial charge in [-0.2, -0.15) is 0 Å². The Morgan fingerprint density at radius 3 is 2.21 bits per heavy atom. The van der Waals surface area contributed by atoms with E-state index >= 15 is 0 Å². The SMILES string of the molecule is Cc1cc(S(=O)(=O)NC(=O)c2ccc(N3CCN(Cc4ccccc4-c4ccccc4)CC3)cc2)ccc1NCCSc1nc(-c2ccccc2)cs1. The number of thioether (sulfide) groups is 1. The number of benzene rings is 5. The second kappa shape index (κ2) is 16.8. The van der Waals surface area contributed by atoms with Crippen LogP contribution in [0.3, 0.4) is 0 Å². The first-order valence-corrected chi connectivity index (χ1v) is 20.9. The lowest BCUT2D eigenvalue weighted by molar-refractivity contribution is 0.0981. The number of carbonyl (C=O) groups excluding carboxylic acids is 1. The van der Waals surface area contributed by atoms with E-state index in [1.807, 2.05) is 43.3 Å². The highest BCUT2D eigenvalue weighted by Gasteiger charge is 2.22. The van der Waals surface area contributed by atoms with Gasteiger partial charge in [-0.25, -0.2) is 18.1 Å². The fourth-order valence-corrected chi connectivity index (χ4v) is 9.24. The van der Waals surface area contributed by atoms with Gasteiger partial charge < -0.3 is 10.2 Å². The highest BCUT2D eigenvalue weighted by atomic mass is 32.2. The molecule has 0 unspecified atom stereocenters.